The fourth-order valence-electron chi connectivity index (χ4n) is 4.02. The molecular formula is C23H25NO5. The van der Waals surface area contributed by atoms with E-state index in [0.29, 0.717) is 30.2 Å². The molecule has 1 amide bonds. The van der Waals surface area contributed by atoms with Crippen molar-refractivity contribution in [3.63, 3.8) is 0 Å². The van der Waals surface area contributed by atoms with Crippen LogP contribution in [0.5, 0.6) is 0 Å². The van der Waals surface area contributed by atoms with Crippen molar-refractivity contribution in [3.05, 3.63) is 64.1 Å². The number of nitrogens with zero attached hydrogens (tertiary/aromatic N) is 1. The molecule has 2 fully saturated rings. The third-order valence-corrected chi connectivity index (χ3v) is 5.78. The maximum atomic E-state index is 13.0. The highest BCUT2D eigenvalue weighted by atomic mass is 16.5. The normalized spacial score (nSPS) is 23.9. The van der Waals surface area contributed by atoms with E-state index in [2.05, 4.69) is 0 Å². The molecule has 4 rings (SSSR count). The van der Waals surface area contributed by atoms with E-state index in [-0.39, 0.29) is 17.4 Å². The molecule has 29 heavy (non-hydrogen) atoms. The Morgan fingerprint density at radius 1 is 1.14 bits per heavy atom. The van der Waals surface area contributed by atoms with Gasteiger partial charge in [0.2, 0.25) is 0 Å². The summed E-state index contributed by atoms with van der Waals surface area (Å²) < 4.78 is 11.5. The SMILES string of the molecule is Cc1ccc(C2/C(=C(/O)c3ccc(C)c(C)c3)C(=O)C(=O)N2CC2CCCO2)o1. The number of aliphatic hydroxyl groups is 1. The van der Waals surface area contributed by atoms with Crippen molar-refractivity contribution in [1.82, 2.24) is 4.90 Å². The molecule has 2 atom stereocenters. The third-order valence-electron chi connectivity index (χ3n) is 5.78. The van der Waals surface area contributed by atoms with Crippen LogP contribution in [0.25, 0.3) is 5.76 Å². The summed E-state index contributed by atoms with van der Waals surface area (Å²) in [7, 11) is 0. The predicted octanol–water partition coefficient (Wildman–Crippen LogP) is 3.81. The number of likely N-dealkylation sites (tertiary alicyclic amines) is 1. The first-order valence-corrected chi connectivity index (χ1v) is 9.91. The maximum Gasteiger partial charge on any atom is 0.295 e. The second-order valence-corrected chi connectivity index (χ2v) is 7.83. The van der Waals surface area contributed by atoms with Crippen LogP contribution in [0.3, 0.4) is 0 Å². The molecule has 152 valence electrons. The fourth-order valence-corrected chi connectivity index (χ4v) is 4.02. The number of hydrogen-bond donors (Lipinski definition) is 1. The van der Waals surface area contributed by atoms with Crippen LogP contribution < -0.4 is 0 Å². The highest BCUT2D eigenvalue weighted by Crippen LogP contribution is 2.40. The lowest BCUT2D eigenvalue weighted by molar-refractivity contribution is -0.141. The van der Waals surface area contributed by atoms with Gasteiger partial charge in [-0.2, -0.15) is 0 Å². The summed E-state index contributed by atoms with van der Waals surface area (Å²) in [6, 6.07) is 8.24. The van der Waals surface area contributed by atoms with Gasteiger partial charge in [-0.1, -0.05) is 12.1 Å². The highest BCUT2D eigenvalue weighted by molar-refractivity contribution is 6.46. The van der Waals surface area contributed by atoms with E-state index in [1.165, 1.54) is 4.90 Å². The van der Waals surface area contributed by atoms with Gasteiger partial charge in [-0.25, -0.2) is 0 Å². The standard InChI is InChI=1S/C23H25NO5/c1-13-6-8-16(11-14(13)2)21(25)19-20(18-9-7-15(3)29-18)24(23(27)22(19)26)12-17-5-4-10-28-17/h6-9,11,17,20,25H,4-5,10,12H2,1-3H3/b21-19-. The Balaban J connectivity index is 1.82. The molecule has 6 heteroatoms. The number of amides is 1. The van der Waals surface area contributed by atoms with Crippen molar-refractivity contribution < 1.29 is 23.8 Å². The summed E-state index contributed by atoms with van der Waals surface area (Å²) in [5.74, 6) is -0.373. The summed E-state index contributed by atoms with van der Waals surface area (Å²) in [5, 5.41) is 11.0. The van der Waals surface area contributed by atoms with E-state index in [4.69, 9.17) is 9.15 Å². The Morgan fingerprint density at radius 2 is 1.93 bits per heavy atom. The molecule has 0 radical (unpaired) electrons. The molecule has 2 aliphatic heterocycles. The molecule has 3 heterocycles. The van der Waals surface area contributed by atoms with Gasteiger partial charge in [-0.15, -0.1) is 0 Å². The average Bonchev–Trinajstić information content (AvgIpc) is 3.41. The average molecular weight is 395 g/mol. The van der Waals surface area contributed by atoms with Crippen LogP contribution in [0.15, 0.2) is 40.3 Å². The van der Waals surface area contributed by atoms with E-state index in [1.807, 2.05) is 26.0 Å². The van der Waals surface area contributed by atoms with Crippen LogP contribution in [0.1, 0.15) is 47.1 Å². The summed E-state index contributed by atoms with van der Waals surface area (Å²) in [6.45, 7) is 6.67. The van der Waals surface area contributed by atoms with Gasteiger partial charge in [-0.05, 0) is 62.9 Å². The fraction of sp³-hybridized carbons (Fsp3) is 0.391. The van der Waals surface area contributed by atoms with Crippen LogP contribution in [-0.2, 0) is 14.3 Å². The largest absolute Gasteiger partial charge is 0.507 e. The van der Waals surface area contributed by atoms with Crippen molar-refractivity contribution in [2.24, 2.45) is 0 Å². The van der Waals surface area contributed by atoms with Crippen LogP contribution in [0, 0.1) is 20.8 Å². The number of furan rings is 1. The van der Waals surface area contributed by atoms with E-state index < -0.39 is 17.7 Å². The van der Waals surface area contributed by atoms with E-state index >= 15 is 0 Å². The molecule has 1 N–H and O–H groups in total. The molecule has 1 aromatic heterocycles. The Bertz CT molecular complexity index is 996. The summed E-state index contributed by atoms with van der Waals surface area (Å²) in [4.78, 5) is 27.3. The van der Waals surface area contributed by atoms with Crippen molar-refractivity contribution in [2.75, 3.05) is 13.2 Å². The Labute approximate surface area is 169 Å². The maximum absolute atomic E-state index is 13.0. The Kier molecular flexibility index (Phi) is 5.04. The van der Waals surface area contributed by atoms with Gasteiger partial charge in [0, 0.05) is 18.7 Å². The zero-order valence-electron chi connectivity index (χ0n) is 16.9. The van der Waals surface area contributed by atoms with Crippen LogP contribution in [-0.4, -0.2) is 41.0 Å². The number of carbonyl (C=O) groups excluding carboxylic acids is 2. The number of benzene rings is 1. The molecular weight excluding hydrogens is 370 g/mol. The summed E-state index contributed by atoms with van der Waals surface area (Å²) >= 11 is 0. The molecule has 2 aliphatic rings. The lowest BCUT2D eigenvalue weighted by atomic mass is 9.97. The molecule has 0 bridgehead atoms. The second-order valence-electron chi connectivity index (χ2n) is 7.83. The van der Waals surface area contributed by atoms with Crippen molar-refractivity contribution in [1.29, 1.82) is 0 Å². The summed E-state index contributed by atoms with van der Waals surface area (Å²) in [5.41, 5.74) is 2.65. The predicted molar refractivity (Wildman–Crippen MR) is 107 cm³/mol. The van der Waals surface area contributed by atoms with Crippen LogP contribution in [0.2, 0.25) is 0 Å². The Hall–Kier alpha value is -2.86. The minimum absolute atomic E-state index is 0.0607. The lowest BCUT2D eigenvalue weighted by Gasteiger charge is -2.25. The number of hydrogen-bond acceptors (Lipinski definition) is 5. The number of Topliss-reactive ketones (excluding diaryl/α,β-unsaturated/α-hetero) is 1. The van der Waals surface area contributed by atoms with Gasteiger partial charge < -0.3 is 19.2 Å². The van der Waals surface area contributed by atoms with Crippen molar-refractivity contribution in [2.45, 2.75) is 45.8 Å². The van der Waals surface area contributed by atoms with Gasteiger partial charge in [0.05, 0.1) is 11.7 Å². The van der Waals surface area contributed by atoms with Gasteiger partial charge in [0.25, 0.3) is 11.7 Å². The third kappa shape index (κ3) is 3.49. The molecule has 1 aromatic carbocycles. The molecule has 0 spiro atoms. The van der Waals surface area contributed by atoms with Gasteiger partial charge >= 0.3 is 0 Å². The number of rotatable bonds is 4. The zero-order valence-corrected chi connectivity index (χ0v) is 16.9. The van der Waals surface area contributed by atoms with Crippen LogP contribution >= 0.6 is 0 Å². The highest BCUT2D eigenvalue weighted by Gasteiger charge is 2.48. The first-order chi connectivity index (χ1) is 13.9. The lowest BCUT2D eigenvalue weighted by Crippen LogP contribution is -2.36. The molecule has 6 nitrogen and oxygen atoms in total. The van der Waals surface area contributed by atoms with Gasteiger partial charge in [0.15, 0.2) is 0 Å². The monoisotopic (exact) mass is 395 g/mol. The van der Waals surface area contributed by atoms with Crippen LogP contribution in [0.4, 0.5) is 0 Å². The number of aliphatic hydroxyl groups excluding tert-OH is 1. The topological polar surface area (TPSA) is 80.0 Å². The number of ether oxygens (including phenoxy) is 1. The number of aryl methyl sites for hydroxylation is 3. The minimum atomic E-state index is -0.769. The Morgan fingerprint density at radius 3 is 2.55 bits per heavy atom. The smallest absolute Gasteiger partial charge is 0.295 e. The first kappa shape index (κ1) is 19.5. The minimum Gasteiger partial charge on any atom is -0.507 e. The molecule has 2 saturated heterocycles. The quantitative estimate of drug-likeness (QED) is 0.484. The summed E-state index contributed by atoms with van der Waals surface area (Å²) in [6.07, 6.45) is 1.65. The molecule has 0 saturated carbocycles. The first-order valence-electron chi connectivity index (χ1n) is 9.91. The van der Waals surface area contributed by atoms with E-state index in [1.54, 1.807) is 25.1 Å². The zero-order chi connectivity index (χ0) is 20.7. The molecule has 2 aromatic rings. The second kappa shape index (κ2) is 7.52. The van der Waals surface area contributed by atoms with E-state index in [9.17, 15) is 14.7 Å². The van der Waals surface area contributed by atoms with Crippen molar-refractivity contribution in [3.8, 4) is 0 Å². The molecule has 2 unspecified atom stereocenters. The van der Waals surface area contributed by atoms with Crippen molar-refractivity contribution >= 4 is 17.4 Å². The molecule has 0 aliphatic carbocycles. The number of ketones is 1. The van der Waals surface area contributed by atoms with Gasteiger partial charge in [0.1, 0.15) is 23.3 Å². The van der Waals surface area contributed by atoms with E-state index in [0.717, 1.165) is 24.0 Å². The van der Waals surface area contributed by atoms with Gasteiger partial charge in [-0.3, -0.25) is 9.59 Å². The number of carbonyl (C=O) groups is 2.